The predicted octanol–water partition coefficient (Wildman–Crippen LogP) is 2.11. The van der Waals surface area contributed by atoms with E-state index in [1.165, 1.54) is 21.3 Å². The van der Waals surface area contributed by atoms with E-state index in [2.05, 4.69) is 9.72 Å². The first kappa shape index (κ1) is 17.1. The van der Waals surface area contributed by atoms with Crippen molar-refractivity contribution >= 4 is 17.9 Å². The van der Waals surface area contributed by atoms with Crippen LogP contribution in [-0.2, 0) is 14.2 Å². The molecule has 0 fully saturated rings. The van der Waals surface area contributed by atoms with Crippen molar-refractivity contribution in [1.82, 2.24) is 4.98 Å². The van der Waals surface area contributed by atoms with E-state index in [0.29, 0.717) is 5.56 Å². The summed E-state index contributed by atoms with van der Waals surface area (Å²) in [6.07, 6.45) is 0. The lowest BCUT2D eigenvalue weighted by molar-refractivity contribution is 0.0551. The summed E-state index contributed by atoms with van der Waals surface area (Å²) < 4.78 is 14.1. The van der Waals surface area contributed by atoms with E-state index < -0.39 is 17.9 Å². The third-order valence-corrected chi connectivity index (χ3v) is 3.26. The number of ether oxygens (including phenoxy) is 3. The van der Waals surface area contributed by atoms with Gasteiger partial charge in [-0.15, -0.1) is 0 Å². The summed E-state index contributed by atoms with van der Waals surface area (Å²) in [6.45, 7) is 0. The van der Waals surface area contributed by atoms with Gasteiger partial charge in [0.25, 0.3) is 0 Å². The molecule has 0 unspecified atom stereocenters. The number of nitrogens with zero attached hydrogens (tertiary/aromatic N) is 1. The van der Waals surface area contributed by atoms with Crippen LogP contribution < -0.4 is 0 Å². The lowest BCUT2D eigenvalue weighted by Crippen LogP contribution is -2.17. The molecular formula is C17H15NO6. The monoisotopic (exact) mass is 329 g/mol. The number of pyridine rings is 1. The Kier molecular flexibility index (Phi) is 5.26. The van der Waals surface area contributed by atoms with E-state index in [-0.39, 0.29) is 22.5 Å². The lowest BCUT2D eigenvalue weighted by Gasteiger charge is -2.13. The Hall–Kier alpha value is -3.22. The summed E-state index contributed by atoms with van der Waals surface area (Å²) in [7, 11) is 3.55. The van der Waals surface area contributed by atoms with Gasteiger partial charge in [0.05, 0.1) is 32.6 Å². The summed E-state index contributed by atoms with van der Waals surface area (Å²) >= 11 is 0. The van der Waals surface area contributed by atoms with E-state index in [1.807, 2.05) is 0 Å². The zero-order chi connectivity index (χ0) is 17.7. The molecule has 124 valence electrons. The first-order chi connectivity index (χ1) is 11.5. The molecule has 2 aromatic rings. The minimum atomic E-state index is -0.792. The zero-order valence-corrected chi connectivity index (χ0v) is 13.4. The highest BCUT2D eigenvalue weighted by molar-refractivity contribution is 6.08. The van der Waals surface area contributed by atoms with E-state index in [4.69, 9.17) is 9.47 Å². The van der Waals surface area contributed by atoms with Gasteiger partial charge < -0.3 is 14.2 Å². The van der Waals surface area contributed by atoms with Crippen LogP contribution in [0.1, 0.15) is 31.2 Å². The molecule has 2 rings (SSSR count). The average molecular weight is 329 g/mol. The first-order valence-corrected chi connectivity index (χ1v) is 6.88. The largest absolute Gasteiger partial charge is 0.465 e. The average Bonchev–Trinajstić information content (AvgIpc) is 2.65. The van der Waals surface area contributed by atoms with Crippen LogP contribution in [-0.4, -0.2) is 44.2 Å². The second kappa shape index (κ2) is 7.36. The summed E-state index contributed by atoms with van der Waals surface area (Å²) in [5.74, 6) is -2.30. The Bertz CT molecular complexity index is 785. The maximum atomic E-state index is 12.2. The molecule has 0 aliphatic rings. The highest BCUT2D eigenvalue weighted by atomic mass is 16.5. The maximum Gasteiger partial charge on any atom is 0.356 e. The number of aromatic nitrogens is 1. The molecule has 0 bridgehead atoms. The molecule has 0 radical (unpaired) electrons. The van der Waals surface area contributed by atoms with Gasteiger partial charge in [0.15, 0.2) is 0 Å². The van der Waals surface area contributed by atoms with Gasteiger partial charge in [-0.1, -0.05) is 30.3 Å². The topological polar surface area (TPSA) is 91.8 Å². The lowest BCUT2D eigenvalue weighted by atomic mass is 9.99. The molecule has 0 amide bonds. The van der Waals surface area contributed by atoms with Gasteiger partial charge in [0, 0.05) is 5.56 Å². The summed E-state index contributed by atoms with van der Waals surface area (Å²) in [4.78, 5) is 40.3. The van der Waals surface area contributed by atoms with Crippen LogP contribution in [0.4, 0.5) is 0 Å². The van der Waals surface area contributed by atoms with Gasteiger partial charge in [-0.25, -0.2) is 19.4 Å². The van der Waals surface area contributed by atoms with Crippen LogP contribution in [0.5, 0.6) is 0 Å². The van der Waals surface area contributed by atoms with Crippen LogP contribution >= 0.6 is 0 Å². The highest BCUT2D eigenvalue weighted by Crippen LogP contribution is 2.27. The number of hydrogen-bond acceptors (Lipinski definition) is 7. The number of esters is 3. The number of hydrogen-bond donors (Lipinski definition) is 0. The molecule has 0 N–H and O–H groups in total. The number of rotatable bonds is 4. The Morgan fingerprint density at radius 1 is 0.833 bits per heavy atom. The van der Waals surface area contributed by atoms with Gasteiger partial charge >= 0.3 is 17.9 Å². The standard InChI is InChI=1S/C17H15NO6/c1-22-15(19)11-9-12(16(20)23-2)18-14(13(11)17(21)24-3)10-7-5-4-6-8-10/h4-9H,1-3H3. The second-order valence-corrected chi connectivity index (χ2v) is 4.62. The van der Waals surface area contributed by atoms with Crippen molar-refractivity contribution in [2.75, 3.05) is 21.3 Å². The Morgan fingerprint density at radius 2 is 1.42 bits per heavy atom. The fraction of sp³-hybridized carbons (Fsp3) is 0.176. The quantitative estimate of drug-likeness (QED) is 0.626. The Labute approximate surface area is 138 Å². The molecular weight excluding hydrogens is 314 g/mol. The van der Waals surface area contributed by atoms with Crippen LogP contribution in [0.2, 0.25) is 0 Å². The maximum absolute atomic E-state index is 12.2. The summed E-state index contributed by atoms with van der Waals surface area (Å²) in [5, 5.41) is 0. The number of carbonyl (C=O) groups excluding carboxylic acids is 3. The SMILES string of the molecule is COC(=O)c1cc(C(=O)OC)c(C(=O)OC)c(-c2ccccc2)n1. The molecule has 1 aromatic carbocycles. The third kappa shape index (κ3) is 3.24. The number of benzene rings is 1. The molecule has 0 spiro atoms. The van der Waals surface area contributed by atoms with Crippen molar-refractivity contribution in [2.45, 2.75) is 0 Å². The smallest absolute Gasteiger partial charge is 0.356 e. The van der Waals surface area contributed by atoms with Crippen molar-refractivity contribution in [3.8, 4) is 11.3 Å². The number of methoxy groups -OCH3 is 3. The van der Waals surface area contributed by atoms with Gasteiger partial charge in [-0.3, -0.25) is 0 Å². The van der Waals surface area contributed by atoms with Crippen LogP contribution in [0.15, 0.2) is 36.4 Å². The van der Waals surface area contributed by atoms with Gasteiger partial charge in [0.1, 0.15) is 11.3 Å². The van der Waals surface area contributed by atoms with Crippen molar-refractivity contribution in [3.63, 3.8) is 0 Å². The van der Waals surface area contributed by atoms with Gasteiger partial charge in [-0.05, 0) is 6.07 Å². The molecule has 1 aromatic heterocycles. The third-order valence-electron chi connectivity index (χ3n) is 3.26. The molecule has 0 saturated carbocycles. The molecule has 7 nitrogen and oxygen atoms in total. The molecule has 0 saturated heterocycles. The molecule has 1 heterocycles. The van der Waals surface area contributed by atoms with E-state index >= 15 is 0 Å². The van der Waals surface area contributed by atoms with Crippen LogP contribution in [0, 0.1) is 0 Å². The summed E-state index contributed by atoms with van der Waals surface area (Å²) in [5.41, 5.74) is 0.339. The fourth-order valence-electron chi connectivity index (χ4n) is 2.14. The molecule has 0 aliphatic carbocycles. The van der Waals surface area contributed by atoms with Crippen LogP contribution in [0.3, 0.4) is 0 Å². The number of carbonyl (C=O) groups is 3. The van der Waals surface area contributed by atoms with E-state index in [0.717, 1.165) is 6.07 Å². The molecule has 24 heavy (non-hydrogen) atoms. The normalized spacial score (nSPS) is 9.96. The highest BCUT2D eigenvalue weighted by Gasteiger charge is 2.27. The van der Waals surface area contributed by atoms with Gasteiger partial charge in [0.2, 0.25) is 0 Å². The van der Waals surface area contributed by atoms with Crippen molar-refractivity contribution in [3.05, 3.63) is 53.2 Å². The zero-order valence-electron chi connectivity index (χ0n) is 13.4. The molecule has 7 heteroatoms. The van der Waals surface area contributed by atoms with E-state index in [1.54, 1.807) is 30.3 Å². The van der Waals surface area contributed by atoms with Crippen LogP contribution in [0.25, 0.3) is 11.3 Å². The van der Waals surface area contributed by atoms with Crippen molar-refractivity contribution in [1.29, 1.82) is 0 Å². The summed E-state index contributed by atoms with van der Waals surface area (Å²) in [6, 6.07) is 9.79. The molecule has 0 aliphatic heterocycles. The van der Waals surface area contributed by atoms with Crippen molar-refractivity contribution in [2.24, 2.45) is 0 Å². The van der Waals surface area contributed by atoms with Crippen molar-refractivity contribution < 1.29 is 28.6 Å². The Balaban J connectivity index is 2.84. The van der Waals surface area contributed by atoms with E-state index in [9.17, 15) is 14.4 Å². The second-order valence-electron chi connectivity index (χ2n) is 4.62. The molecule has 0 atom stereocenters. The minimum Gasteiger partial charge on any atom is -0.465 e. The first-order valence-electron chi connectivity index (χ1n) is 6.88. The minimum absolute atomic E-state index is 0.0804. The Morgan fingerprint density at radius 3 is 1.96 bits per heavy atom. The fourth-order valence-corrected chi connectivity index (χ4v) is 2.14. The predicted molar refractivity (Wildman–Crippen MR) is 83.7 cm³/mol. The van der Waals surface area contributed by atoms with Gasteiger partial charge in [-0.2, -0.15) is 0 Å².